The minimum Gasteiger partial charge on any atom is -0.469 e. The fourth-order valence-corrected chi connectivity index (χ4v) is 3.19. The second-order valence-corrected chi connectivity index (χ2v) is 6.62. The number of para-hydroxylation sites is 1. The first-order chi connectivity index (χ1) is 11.0. The summed E-state index contributed by atoms with van der Waals surface area (Å²) in [5.41, 5.74) is 0.717. The molecule has 0 aromatic heterocycles. The third kappa shape index (κ3) is 5.10. The van der Waals surface area contributed by atoms with Crippen LogP contribution in [0.1, 0.15) is 17.9 Å². The monoisotopic (exact) mass is 334 g/mol. The van der Waals surface area contributed by atoms with Gasteiger partial charge in [0.05, 0.1) is 18.8 Å². The number of methoxy groups -OCH3 is 1. The van der Waals surface area contributed by atoms with E-state index in [1.807, 2.05) is 6.07 Å². The highest BCUT2D eigenvalue weighted by molar-refractivity contribution is 7.87. The van der Waals surface area contributed by atoms with Gasteiger partial charge < -0.3 is 8.92 Å². The van der Waals surface area contributed by atoms with Crippen LogP contribution in [0, 0.1) is 0 Å². The summed E-state index contributed by atoms with van der Waals surface area (Å²) in [5.74, 6) is -1.14. The van der Waals surface area contributed by atoms with Crippen molar-refractivity contribution in [3.05, 3.63) is 66.2 Å². The number of hydrogen-bond acceptors (Lipinski definition) is 5. The summed E-state index contributed by atoms with van der Waals surface area (Å²) in [6, 6.07) is 17.2. The van der Waals surface area contributed by atoms with Crippen LogP contribution in [-0.2, 0) is 19.6 Å². The summed E-state index contributed by atoms with van der Waals surface area (Å²) in [7, 11) is -2.50. The highest BCUT2D eigenvalue weighted by Crippen LogP contribution is 2.22. The molecule has 122 valence electrons. The number of carbonyl (C=O) groups excluding carboxylic acids is 1. The first-order valence-corrected chi connectivity index (χ1v) is 8.69. The molecule has 5 nitrogen and oxygen atoms in total. The molecule has 0 heterocycles. The Hall–Kier alpha value is -2.34. The Bertz CT molecular complexity index is 726. The van der Waals surface area contributed by atoms with E-state index >= 15 is 0 Å². The summed E-state index contributed by atoms with van der Waals surface area (Å²) in [4.78, 5) is 11.9. The van der Waals surface area contributed by atoms with Crippen LogP contribution < -0.4 is 4.18 Å². The van der Waals surface area contributed by atoms with Crippen LogP contribution >= 0.6 is 0 Å². The van der Waals surface area contributed by atoms with E-state index in [-0.39, 0.29) is 17.9 Å². The lowest BCUT2D eigenvalue weighted by Crippen LogP contribution is -2.21. The van der Waals surface area contributed by atoms with Crippen LogP contribution in [0.2, 0.25) is 0 Å². The molecule has 0 aliphatic rings. The van der Waals surface area contributed by atoms with E-state index in [1.54, 1.807) is 54.6 Å². The van der Waals surface area contributed by atoms with Crippen LogP contribution in [0.4, 0.5) is 0 Å². The van der Waals surface area contributed by atoms with Gasteiger partial charge in [0.25, 0.3) is 0 Å². The number of ether oxygens (including phenoxy) is 1. The Morgan fingerprint density at radius 3 is 2.13 bits per heavy atom. The van der Waals surface area contributed by atoms with Gasteiger partial charge in [0.2, 0.25) is 0 Å². The summed E-state index contributed by atoms with van der Waals surface area (Å²) < 4.78 is 33.9. The van der Waals surface area contributed by atoms with Gasteiger partial charge in [-0.3, -0.25) is 4.79 Å². The predicted octanol–water partition coefficient (Wildman–Crippen LogP) is 2.74. The Balaban J connectivity index is 2.07. The number of carbonyl (C=O) groups is 1. The molecule has 0 aliphatic carbocycles. The lowest BCUT2D eigenvalue weighted by atomic mass is 9.97. The molecule has 2 aromatic carbocycles. The number of benzene rings is 2. The summed E-state index contributed by atoms with van der Waals surface area (Å²) in [5, 5.41) is 0. The average molecular weight is 334 g/mol. The van der Waals surface area contributed by atoms with Crippen molar-refractivity contribution < 1.29 is 22.1 Å². The van der Waals surface area contributed by atoms with E-state index < -0.39 is 22.0 Å². The van der Waals surface area contributed by atoms with E-state index in [2.05, 4.69) is 0 Å². The molecular weight excluding hydrogens is 316 g/mol. The van der Waals surface area contributed by atoms with E-state index in [4.69, 9.17) is 8.92 Å². The second kappa shape index (κ2) is 7.78. The molecule has 23 heavy (non-hydrogen) atoms. The number of hydrogen-bond donors (Lipinski definition) is 0. The van der Waals surface area contributed by atoms with E-state index in [1.165, 1.54) is 7.11 Å². The van der Waals surface area contributed by atoms with Crippen molar-refractivity contribution in [1.82, 2.24) is 0 Å². The molecule has 0 aliphatic heterocycles. The summed E-state index contributed by atoms with van der Waals surface area (Å²) in [6.45, 7) is 0. The van der Waals surface area contributed by atoms with Gasteiger partial charge in [-0.25, -0.2) is 0 Å². The Morgan fingerprint density at radius 1 is 1.00 bits per heavy atom. The predicted molar refractivity (Wildman–Crippen MR) is 86.7 cm³/mol. The van der Waals surface area contributed by atoms with Crippen molar-refractivity contribution in [2.24, 2.45) is 0 Å². The molecule has 6 heteroatoms. The molecule has 0 amide bonds. The molecule has 0 spiro atoms. The second-order valence-electron chi connectivity index (χ2n) is 4.93. The smallest absolute Gasteiger partial charge is 0.313 e. The molecule has 2 rings (SSSR count). The number of esters is 1. The van der Waals surface area contributed by atoms with Gasteiger partial charge >= 0.3 is 16.1 Å². The normalized spacial score (nSPS) is 12.4. The van der Waals surface area contributed by atoms with E-state index in [9.17, 15) is 13.2 Å². The highest BCUT2D eigenvalue weighted by Gasteiger charge is 2.25. The zero-order valence-corrected chi connectivity index (χ0v) is 13.5. The maximum Gasteiger partial charge on any atom is 0.313 e. The van der Waals surface area contributed by atoms with Gasteiger partial charge in [0.15, 0.2) is 0 Å². The zero-order valence-electron chi connectivity index (χ0n) is 12.7. The lowest BCUT2D eigenvalue weighted by molar-refractivity contribution is -0.142. The van der Waals surface area contributed by atoms with Crippen molar-refractivity contribution in [3.63, 3.8) is 0 Å². The van der Waals surface area contributed by atoms with Gasteiger partial charge in [-0.1, -0.05) is 48.5 Å². The minimum absolute atomic E-state index is 0.0891. The van der Waals surface area contributed by atoms with E-state index in [0.29, 0.717) is 5.56 Å². The van der Waals surface area contributed by atoms with Crippen molar-refractivity contribution in [1.29, 1.82) is 0 Å². The Morgan fingerprint density at radius 2 is 1.57 bits per heavy atom. The van der Waals surface area contributed by atoms with Crippen LogP contribution in [0.3, 0.4) is 0 Å². The lowest BCUT2D eigenvalue weighted by Gasteiger charge is -2.15. The Labute approximate surface area is 136 Å². The van der Waals surface area contributed by atoms with Crippen LogP contribution in [0.15, 0.2) is 60.7 Å². The summed E-state index contributed by atoms with van der Waals surface area (Å²) >= 11 is 0. The fraction of sp³-hybridized carbons (Fsp3) is 0.235. The van der Waals surface area contributed by atoms with Crippen LogP contribution in [0.5, 0.6) is 5.75 Å². The highest BCUT2D eigenvalue weighted by atomic mass is 32.2. The molecule has 0 N–H and O–H groups in total. The maximum atomic E-state index is 12.1. The van der Waals surface area contributed by atoms with Gasteiger partial charge in [-0.15, -0.1) is 0 Å². The molecule has 0 bridgehead atoms. The van der Waals surface area contributed by atoms with Crippen LogP contribution in [0.25, 0.3) is 0 Å². The van der Waals surface area contributed by atoms with Crippen molar-refractivity contribution in [2.75, 3.05) is 12.9 Å². The van der Waals surface area contributed by atoms with E-state index in [0.717, 1.165) is 0 Å². The topological polar surface area (TPSA) is 69.7 Å². The minimum atomic E-state index is -3.79. The molecule has 0 saturated carbocycles. The molecular formula is C17H18O5S. The standard InChI is InChI=1S/C17H18O5S/c1-21-17(18)16(14-8-4-2-5-9-14)12-13-23(19,20)22-15-10-6-3-7-11-15/h2-11,16H,12-13H2,1H3. The van der Waals surface area contributed by atoms with Crippen molar-refractivity contribution >= 4 is 16.1 Å². The molecule has 0 radical (unpaired) electrons. The third-order valence-electron chi connectivity index (χ3n) is 3.31. The van der Waals surface area contributed by atoms with Gasteiger partial charge in [0, 0.05) is 0 Å². The Kier molecular flexibility index (Phi) is 5.76. The zero-order chi connectivity index (χ0) is 16.7. The molecule has 0 fully saturated rings. The van der Waals surface area contributed by atoms with Gasteiger partial charge in [0.1, 0.15) is 5.75 Å². The third-order valence-corrected chi connectivity index (χ3v) is 4.49. The first-order valence-electron chi connectivity index (χ1n) is 7.12. The average Bonchev–Trinajstić information content (AvgIpc) is 2.56. The summed E-state index contributed by atoms with van der Waals surface area (Å²) in [6.07, 6.45) is 0.0891. The van der Waals surface area contributed by atoms with Crippen molar-refractivity contribution in [2.45, 2.75) is 12.3 Å². The SMILES string of the molecule is COC(=O)C(CCS(=O)(=O)Oc1ccccc1)c1ccccc1. The molecule has 2 aromatic rings. The first kappa shape index (κ1) is 17.0. The molecule has 1 atom stereocenters. The van der Waals surface area contributed by atoms with Crippen LogP contribution in [-0.4, -0.2) is 27.2 Å². The van der Waals surface area contributed by atoms with Crippen molar-refractivity contribution in [3.8, 4) is 5.75 Å². The largest absolute Gasteiger partial charge is 0.469 e. The molecule has 0 saturated heterocycles. The maximum absolute atomic E-state index is 12.1. The van der Waals surface area contributed by atoms with Gasteiger partial charge in [-0.05, 0) is 24.1 Å². The quantitative estimate of drug-likeness (QED) is 0.575. The number of rotatable bonds is 7. The molecule has 1 unspecified atom stereocenters. The fourth-order valence-electron chi connectivity index (χ4n) is 2.17. The van der Waals surface area contributed by atoms with Gasteiger partial charge in [-0.2, -0.15) is 8.42 Å².